The average Bonchev–Trinajstić information content (AvgIpc) is 2.93. The zero-order chi connectivity index (χ0) is 29.4. The number of carbonyl (C=O) groups excluding carboxylic acids is 2. The highest BCUT2D eigenvalue weighted by Gasteiger charge is 2.34. The van der Waals surface area contributed by atoms with Gasteiger partial charge in [0.1, 0.15) is 24.2 Å². The van der Waals surface area contributed by atoms with Crippen LogP contribution in [-0.2, 0) is 26.2 Å². The Kier molecular flexibility index (Phi) is 10.6. The predicted molar refractivity (Wildman–Crippen MR) is 151 cm³/mol. The number of halogens is 3. The zero-order valence-corrected chi connectivity index (χ0v) is 24.1. The Morgan fingerprint density at radius 2 is 1.62 bits per heavy atom. The number of hydrogen-bond acceptors (Lipinski definition) is 4. The SMILES string of the molecule is CC[C@H](C(=O)NCC(C)C)N(Cc1ccc(F)cc1)C(=O)CN(c1ccc(F)c(Cl)c1)S(=O)(=O)c1ccccc1. The number of hydrogen-bond donors (Lipinski definition) is 1. The van der Waals surface area contributed by atoms with Gasteiger partial charge in [-0.25, -0.2) is 17.2 Å². The van der Waals surface area contributed by atoms with Crippen LogP contribution in [0.25, 0.3) is 0 Å². The summed E-state index contributed by atoms with van der Waals surface area (Å²) >= 11 is 5.97. The molecular weight excluding hydrogens is 560 g/mol. The number of rotatable bonds is 12. The van der Waals surface area contributed by atoms with Gasteiger partial charge in [-0.3, -0.25) is 13.9 Å². The van der Waals surface area contributed by atoms with Gasteiger partial charge < -0.3 is 10.2 Å². The lowest BCUT2D eigenvalue weighted by Crippen LogP contribution is -2.52. The van der Waals surface area contributed by atoms with Crippen molar-refractivity contribution in [1.82, 2.24) is 10.2 Å². The summed E-state index contributed by atoms with van der Waals surface area (Å²) in [5, 5.41) is 2.52. The minimum absolute atomic E-state index is 0.0253. The van der Waals surface area contributed by atoms with E-state index in [0.29, 0.717) is 12.1 Å². The molecule has 40 heavy (non-hydrogen) atoms. The molecule has 1 atom stereocenters. The molecule has 1 N–H and O–H groups in total. The Hall–Kier alpha value is -3.50. The molecular formula is C29H32ClF2N3O4S. The standard InChI is InChI=1S/C29H32ClF2N3O4S/c1-4-27(29(37)33-17-20(2)3)34(18-21-10-12-22(31)13-11-21)28(36)19-35(23-14-15-26(32)25(30)16-23)40(38,39)24-8-6-5-7-9-24/h5-16,20,27H,4,17-19H2,1-3H3,(H,33,37)/t27-/m1/s1. The first-order chi connectivity index (χ1) is 18.9. The number of amides is 2. The summed E-state index contributed by atoms with van der Waals surface area (Å²) in [5.74, 6) is -2.13. The van der Waals surface area contributed by atoms with Gasteiger partial charge in [0.25, 0.3) is 10.0 Å². The molecule has 11 heteroatoms. The largest absolute Gasteiger partial charge is 0.354 e. The molecule has 0 unspecified atom stereocenters. The lowest BCUT2D eigenvalue weighted by molar-refractivity contribution is -0.140. The lowest BCUT2D eigenvalue weighted by atomic mass is 10.1. The maximum Gasteiger partial charge on any atom is 0.264 e. The molecule has 0 aliphatic rings. The molecule has 0 aliphatic carbocycles. The quantitative estimate of drug-likeness (QED) is 0.306. The van der Waals surface area contributed by atoms with Crippen LogP contribution in [0.2, 0.25) is 5.02 Å². The van der Waals surface area contributed by atoms with Gasteiger partial charge >= 0.3 is 0 Å². The maximum atomic E-state index is 14.0. The number of nitrogens with zero attached hydrogens (tertiary/aromatic N) is 2. The van der Waals surface area contributed by atoms with Crippen LogP contribution in [0.1, 0.15) is 32.8 Å². The third-order valence-electron chi connectivity index (χ3n) is 6.14. The van der Waals surface area contributed by atoms with Gasteiger partial charge in [0.2, 0.25) is 11.8 Å². The summed E-state index contributed by atoms with van der Waals surface area (Å²) in [6.07, 6.45) is 0.241. The van der Waals surface area contributed by atoms with Gasteiger partial charge in [-0.1, -0.05) is 62.7 Å². The molecule has 7 nitrogen and oxygen atoms in total. The van der Waals surface area contributed by atoms with E-state index in [1.807, 2.05) is 13.8 Å². The van der Waals surface area contributed by atoms with E-state index in [9.17, 15) is 26.8 Å². The van der Waals surface area contributed by atoms with E-state index in [1.54, 1.807) is 13.0 Å². The second-order valence-electron chi connectivity index (χ2n) is 9.63. The van der Waals surface area contributed by atoms with Crippen molar-refractivity contribution in [3.63, 3.8) is 0 Å². The van der Waals surface area contributed by atoms with Gasteiger partial charge in [-0.15, -0.1) is 0 Å². The summed E-state index contributed by atoms with van der Waals surface area (Å²) in [7, 11) is -4.31. The number of anilines is 1. The van der Waals surface area contributed by atoms with E-state index in [1.165, 1.54) is 59.5 Å². The summed E-state index contributed by atoms with van der Waals surface area (Å²) in [6.45, 7) is 5.22. The van der Waals surface area contributed by atoms with Gasteiger partial charge in [0.05, 0.1) is 15.6 Å². The molecule has 214 valence electrons. The smallest absolute Gasteiger partial charge is 0.264 e. The molecule has 0 aromatic heterocycles. The highest BCUT2D eigenvalue weighted by molar-refractivity contribution is 7.92. The van der Waals surface area contributed by atoms with Crippen molar-refractivity contribution in [2.24, 2.45) is 5.92 Å². The molecule has 3 rings (SSSR count). The van der Waals surface area contributed by atoms with Crippen LogP contribution in [0, 0.1) is 17.6 Å². The molecule has 3 aromatic carbocycles. The Bertz CT molecular complexity index is 1420. The average molecular weight is 592 g/mol. The van der Waals surface area contributed by atoms with Crippen LogP contribution in [0.5, 0.6) is 0 Å². The maximum absolute atomic E-state index is 14.0. The summed E-state index contributed by atoms with van der Waals surface area (Å²) in [4.78, 5) is 28.3. The second kappa shape index (κ2) is 13.7. The van der Waals surface area contributed by atoms with Crippen molar-refractivity contribution in [1.29, 1.82) is 0 Å². The topological polar surface area (TPSA) is 86.8 Å². The minimum atomic E-state index is -4.31. The molecule has 2 amide bonds. The number of nitrogens with one attached hydrogen (secondary N) is 1. The third-order valence-corrected chi connectivity index (χ3v) is 8.22. The Labute approximate surface area is 238 Å². The fourth-order valence-electron chi connectivity index (χ4n) is 4.02. The van der Waals surface area contributed by atoms with E-state index >= 15 is 0 Å². The van der Waals surface area contributed by atoms with Crippen LogP contribution in [0.15, 0.2) is 77.7 Å². The monoisotopic (exact) mass is 591 g/mol. The van der Waals surface area contributed by atoms with Crippen LogP contribution in [0.4, 0.5) is 14.5 Å². The molecule has 3 aromatic rings. The molecule has 0 aliphatic heterocycles. The summed E-state index contributed by atoms with van der Waals surface area (Å²) < 4.78 is 55.8. The highest BCUT2D eigenvalue weighted by atomic mass is 35.5. The Morgan fingerprint density at radius 1 is 0.975 bits per heavy atom. The van der Waals surface area contributed by atoms with Crippen molar-refractivity contribution in [2.45, 2.75) is 44.7 Å². The molecule has 0 radical (unpaired) electrons. The zero-order valence-electron chi connectivity index (χ0n) is 22.5. The number of sulfonamides is 1. The molecule has 0 saturated carbocycles. The Morgan fingerprint density at radius 3 is 2.20 bits per heavy atom. The van der Waals surface area contributed by atoms with Crippen molar-refractivity contribution in [2.75, 3.05) is 17.4 Å². The fourth-order valence-corrected chi connectivity index (χ4v) is 5.62. The van der Waals surface area contributed by atoms with Gasteiger partial charge in [-0.2, -0.15) is 0 Å². The van der Waals surface area contributed by atoms with Crippen LogP contribution < -0.4 is 9.62 Å². The number of carbonyl (C=O) groups is 2. The first kappa shape index (κ1) is 31.0. The predicted octanol–water partition coefficient (Wildman–Crippen LogP) is 5.39. The van der Waals surface area contributed by atoms with Gasteiger partial charge in [-0.05, 0) is 60.4 Å². The first-order valence-corrected chi connectivity index (χ1v) is 14.6. The van der Waals surface area contributed by atoms with Gasteiger partial charge in [0.15, 0.2) is 0 Å². The van der Waals surface area contributed by atoms with E-state index in [4.69, 9.17) is 11.6 Å². The lowest BCUT2D eigenvalue weighted by Gasteiger charge is -2.33. The van der Waals surface area contributed by atoms with Gasteiger partial charge in [0, 0.05) is 13.1 Å². The van der Waals surface area contributed by atoms with E-state index in [-0.39, 0.29) is 34.5 Å². The molecule has 0 fully saturated rings. The van der Waals surface area contributed by atoms with E-state index in [0.717, 1.165) is 16.4 Å². The van der Waals surface area contributed by atoms with Crippen molar-refractivity contribution in [3.8, 4) is 0 Å². The van der Waals surface area contributed by atoms with E-state index in [2.05, 4.69) is 5.32 Å². The van der Waals surface area contributed by atoms with Crippen LogP contribution >= 0.6 is 11.6 Å². The minimum Gasteiger partial charge on any atom is -0.354 e. The summed E-state index contributed by atoms with van der Waals surface area (Å²) in [6, 6.07) is 15.4. The van der Waals surface area contributed by atoms with Crippen LogP contribution in [-0.4, -0.2) is 44.3 Å². The number of benzene rings is 3. The normalized spacial score (nSPS) is 12.2. The molecule has 0 saturated heterocycles. The molecule has 0 spiro atoms. The van der Waals surface area contributed by atoms with Crippen molar-refractivity contribution in [3.05, 3.63) is 95.0 Å². The van der Waals surface area contributed by atoms with Crippen molar-refractivity contribution >= 4 is 39.1 Å². The van der Waals surface area contributed by atoms with Crippen LogP contribution in [0.3, 0.4) is 0 Å². The first-order valence-electron chi connectivity index (χ1n) is 12.8. The van der Waals surface area contributed by atoms with Crippen molar-refractivity contribution < 1.29 is 26.8 Å². The second-order valence-corrected chi connectivity index (χ2v) is 11.9. The molecule has 0 heterocycles. The fraction of sp³-hybridized carbons (Fsp3) is 0.310. The summed E-state index contributed by atoms with van der Waals surface area (Å²) in [5.41, 5.74) is 0.523. The van der Waals surface area contributed by atoms with E-state index < -0.39 is 46.1 Å². The molecule has 0 bridgehead atoms. The highest BCUT2D eigenvalue weighted by Crippen LogP contribution is 2.28. The Balaban J connectivity index is 2.05. The third kappa shape index (κ3) is 7.79.